The summed E-state index contributed by atoms with van der Waals surface area (Å²) in [7, 11) is 0. The predicted molar refractivity (Wildman–Crippen MR) is 61.7 cm³/mol. The Morgan fingerprint density at radius 2 is 1.93 bits per heavy atom. The summed E-state index contributed by atoms with van der Waals surface area (Å²) in [4.78, 5) is 5.09. The number of piperazine rings is 1. The van der Waals surface area contributed by atoms with Gasteiger partial charge >= 0.3 is 0 Å². The van der Waals surface area contributed by atoms with Crippen LogP contribution >= 0.6 is 0 Å². The number of nitrogens with one attached hydrogen (secondary N) is 1. The van der Waals surface area contributed by atoms with Crippen molar-refractivity contribution in [3.8, 4) is 0 Å². The van der Waals surface area contributed by atoms with Crippen LogP contribution in [-0.2, 0) is 0 Å². The van der Waals surface area contributed by atoms with Gasteiger partial charge in [0.25, 0.3) is 0 Å². The molecule has 0 radical (unpaired) electrons. The van der Waals surface area contributed by atoms with E-state index in [-0.39, 0.29) is 0 Å². The van der Waals surface area contributed by atoms with Gasteiger partial charge < -0.3 is 5.32 Å². The SMILES string of the molecule is CCN(CCN1CCNCC1)C(C)C. The summed E-state index contributed by atoms with van der Waals surface area (Å²) in [6, 6.07) is 0.683. The second-order valence-corrected chi connectivity index (χ2v) is 4.31. The largest absolute Gasteiger partial charge is 0.314 e. The van der Waals surface area contributed by atoms with Crippen LogP contribution in [0.2, 0.25) is 0 Å². The van der Waals surface area contributed by atoms with Crippen LogP contribution in [0, 0.1) is 0 Å². The summed E-state index contributed by atoms with van der Waals surface area (Å²) in [6.07, 6.45) is 0. The Labute approximate surface area is 88.5 Å². The first kappa shape index (κ1) is 12.0. The molecule has 1 aliphatic heterocycles. The van der Waals surface area contributed by atoms with Crippen molar-refractivity contribution in [3.05, 3.63) is 0 Å². The lowest BCUT2D eigenvalue weighted by molar-refractivity contribution is 0.171. The molecule has 0 saturated carbocycles. The van der Waals surface area contributed by atoms with Crippen LogP contribution in [0.1, 0.15) is 20.8 Å². The van der Waals surface area contributed by atoms with E-state index in [0.717, 1.165) is 13.1 Å². The molecule has 1 saturated heterocycles. The second kappa shape index (κ2) is 6.38. The number of nitrogens with zero attached hydrogens (tertiary/aromatic N) is 2. The van der Waals surface area contributed by atoms with Gasteiger partial charge in [-0.15, -0.1) is 0 Å². The van der Waals surface area contributed by atoms with E-state index in [2.05, 4.69) is 35.9 Å². The number of hydrogen-bond donors (Lipinski definition) is 1. The van der Waals surface area contributed by atoms with Crippen LogP contribution in [0.4, 0.5) is 0 Å². The Balaban J connectivity index is 2.16. The van der Waals surface area contributed by atoms with Crippen LogP contribution < -0.4 is 5.32 Å². The molecule has 0 aromatic heterocycles. The van der Waals surface area contributed by atoms with Gasteiger partial charge in [-0.25, -0.2) is 0 Å². The van der Waals surface area contributed by atoms with E-state index in [1.807, 2.05) is 0 Å². The minimum Gasteiger partial charge on any atom is -0.314 e. The zero-order chi connectivity index (χ0) is 10.4. The molecule has 0 spiro atoms. The van der Waals surface area contributed by atoms with Gasteiger partial charge in [0, 0.05) is 45.3 Å². The fraction of sp³-hybridized carbons (Fsp3) is 1.00. The molecule has 1 rings (SSSR count). The fourth-order valence-corrected chi connectivity index (χ4v) is 1.99. The Kier molecular flexibility index (Phi) is 5.45. The van der Waals surface area contributed by atoms with Crippen molar-refractivity contribution >= 4 is 0 Å². The Morgan fingerprint density at radius 1 is 1.29 bits per heavy atom. The van der Waals surface area contributed by atoms with E-state index in [1.54, 1.807) is 0 Å². The Hall–Kier alpha value is -0.120. The number of hydrogen-bond acceptors (Lipinski definition) is 3. The third-order valence-corrected chi connectivity index (χ3v) is 3.05. The van der Waals surface area contributed by atoms with Gasteiger partial charge in [-0.2, -0.15) is 0 Å². The van der Waals surface area contributed by atoms with Crippen molar-refractivity contribution in [1.82, 2.24) is 15.1 Å². The molecule has 0 bridgehead atoms. The number of rotatable bonds is 5. The standard InChI is InChI=1S/C11H25N3/c1-4-14(11(2)3)10-9-13-7-5-12-6-8-13/h11-12H,4-10H2,1-3H3. The molecule has 1 aliphatic rings. The maximum atomic E-state index is 3.38. The second-order valence-electron chi connectivity index (χ2n) is 4.31. The summed E-state index contributed by atoms with van der Waals surface area (Å²) in [5, 5.41) is 3.38. The molecule has 0 aliphatic carbocycles. The van der Waals surface area contributed by atoms with Crippen molar-refractivity contribution in [3.63, 3.8) is 0 Å². The van der Waals surface area contributed by atoms with E-state index >= 15 is 0 Å². The Bertz CT molecular complexity index is 141. The molecule has 1 fully saturated rings. The molecule has 0 aromatic rings. The topological polar surface area (TPSA) is 18.5 Å². The molecule has 0 atom stereocenters. The quantitative estimate of drug-likeness (QED) is 0.700. The van der Waals surface area contributed by atoms with Gasteiger partial charge in [-0.05, 0) is 20.4 Å². The van der Waals surface area contributed by atoms with Gasteiger partial charge in [0.15, 0.2) is 0 Å². The molecule has 1 heterocycles. The average molecular weight is 199 g/mol. The van der Waals surface area contributed by atoms with E-state index in [0.29, 0.717) is 6.04 Å². The van der Waals surface area contributed by atoms with Gasteiger partial charge in [0.05, 0.1) is 0 Å². The molecule has 84 valence electrons. The normalized spacial score (nSPS) is 19.5. The summed E-state index contributed by atoms with van der Waals surface area (Å²) >= 11 is 0. The molecule has 3 heteroatoms. The lowest BCUT2D eigenvalue weighted by Gasteiger charge is -2.31. The molecule has 14 heavy (non-hydrogen) atoms. The van der Waals surface area contributed by atoms with E-state index < -0.39 is 0 Å². The predicted octanol–water partition coefficient (Wildman–Crippen LogP) is 0.622. The Morgan fingerprint density at radius 3 is 2.43 bits per heavy atom. The molecule has 0 unspecified atom stereocenters. The van der Waals surface area contributed by atoms with Crippen molar-refractivity contribution in [2.45, 2.75) is 26.8 Å². The van der Waals surface area contributed by atoms with Crippen LogP contribution in [0.3, 0.4) is 0 Å². The zero-order valence-electron chi connectivity index (χ0n) is 9.92. The first-order valence-electron chi connectivity index (χ1n) is 5.91. The van der Waals surface area contributed by atoms with Crippen molar-refractivity contribution in [2.75, 3.05) is 45.8 Å². The van der Waals surface area contributed by atoms with Crippen LogP contribution in [0.5, 0.6) is 0 Å². The average Bonchev–Trinajstić information content (AvgIpc) is 2.20. The summed E-state index contributed by atoms with van der Waals surface area (Å²) in [5.41, 5.74) is 0. The first-order chi connectivity index (χ1) is 6.74. The zero-order valence-corrected chi connectivity index (χ0v) is 9.92. The van der Waals surface area contributed by atoms with E-state index in [9.17, 15) is 0 Å². The molecule has 3 nitrogen and oxygen atoms in total. The molecule has 1 N–H and O–H groups in total. The number of likely N-dealkylation sites (N-methyl/N-ethyl adjacent to an activating group) is 1. The maximum absolute atomic E-state index is 3.38. The highest BCUT2D eigenvalue weighted by molar-refractivity contribution is 4.70. The van der Waals surface area contributed by atoms with E-state index in [1.165, 1.54) is 32.7 Å². The van der Waals surface area contributed by atoms with Gasteiger partial charge in [0.2, 0.25) is 0 Å². The van der Waals surface area contributed by atoms with Gasteiger partial charge in [0.1, 0.15) is 0 Å². The molecule has 0 aromatic carbocycles. The third kappa shape index (κ3) is 3.95. The first-order valence-corrected chi connectivity index (χ1v) is 5.91. The van der Waals surface area contributed by atoms with Crippen molar-refractivity contribution in [2.24, 2.45) is 0 Å². The van der Waals surface area contributed by atoms with Crippen LogP contribution in [0.25, 0.3) is 0 Å². The van der Waals surface area contributed by atoms with Crippen LogP contribution in [0.15, 0.2) is 0 Å². The molecular formula is C11H25N3. The summed E-state index contributed by atoms with van der Waals surface area (Å²) in [6.45, 7) is 15.2. The minimum atomic E-state index is 0.683. The van der Waals surface area contributed by atoms with Gasteiger partial charge in [-0.1, -0.05) is 6.92 Å². The highest BCUT2D eigenvalue weighted by atomic mass is 15.2. The summed E-state index contributed by atoms with van der Waals surface area (Å²) < 4.78 is 0. The highest BCUT2D eigenvalue weighted by Gasteiger charge is 2.12. The summed E-state index contributed by atoms with van der Waals surface area (Å²) in [5.74, 6) is 0. The highest BCUT2D eigenvalue weighted by Crippen LogP contribution is 1.99. The van der Waals surface area contributed by atoms with E-state index in [4.69, 9.17) is 0 Å². The lowest BCUT2D eigenvalue weighted by Crippen LogP contribution is -2.47. The van der Waals surface area contributed by atoms with Crippen molar-refractivity contribution < 1.29 is 0 Å². The van der Waals surface area contributed by atoms with Crippen LogP contribution in [-0.4, -0.2) is 61.7 Å². The smallest absolute Gasteiger partial charge is 0.0112 e. The maximum Gasteiger partial charge on any atom is 0.0112 e. The van der Waals surface area contributed by atoms with Crippen molar-refractivity contribution in [1.29, 1.82) is 0 Å². The van der Waals surface area contributed by atoms with Gasteiger partial charge in [-0.3, -0.25) is 9.80 Å². The third-order valence-electron chi connectivity index (χ3n) is 3.05. The molecular weight excluding hydrogens is 174 g/mol. The fourth-order valence-electron chi connectivity index (χ4n) is 1.99. The lowest BCUT2D eigenvalue weighted by atomic mass is 10.3. The molecule has 0 amide bonds. The minimum absolute atomic E-state index is 0.683. The monoisotopic (exact) mass is 199 g/mol.